The predicted molar refractivity (Wildman–Crippen MR) is 44.2 cm³/mol. The Hall–Kier alpha value is -2.10. The lowest BCUT2D eigenvalue weighted by Crippen LogP contribution is -1.71. The first-order valence-electron chi connectivity index (χ1n) is 2.58. The van der Waals surface area contributed by atoms with E-state index in [0.29, 0.717) is 0 Å². The Morgan fingerprint density at radius 2 is 1.62 bits per heavy atom. The molecular formula is C2H2N9OP. The molecule has 0 aliphatic heterocycles. The van der Waals surface area contributed by atoms with E-state index in [-0.39, 0.29) is 0 Å². The fourth-order valence-corrected chi connectivity index (χ4v) is 0.955. The fraction of sp³-hybridized carbons (Fsp3) is 0. The molecular weight excluding hydrogens is 197 g/mol. The van der Waals surface area contributed by atoms with Crippen molar-refractivity contribution in [3.63, 3.8) is 0 Å². The van der Waals surface area contributed by atoms with Gasteiger partial charge >= 0.3 is 0 Å². The van der Waals surface area contributed by atoms with Crippen molar-refractivity contribution in [1.29, 1.82) is 0 Å². The number of nitrogens with zero attached hydrogens (tertiary/aromatic N) is 9. The van der Waals surface area contributed by atoms with Crippen LogP contribution < -0.4 is 0 Å². The largest absolute Gasteiger partial charge is 0.305 e. The van der Waals surface area contributed by atoms with E-state index in [0.717, 1.165) is 0 Å². The second-order valence-electron chi connectivity index (χ2n) is 1.51. The third-order valence-electron chi connectivity index (χ3n) is 0.819. The molecule has 0 spiro atoms. The van der Waals surface area contributed by atoms with Crippen LogP contribution in [0.5, 0.6) is 0 Å². The fourth-order valence-electron chi connectivity index (χ4n) is 0.339. The van der Waals surface area contributed by atoms with Gasteiger partial charge in [0.1, 0.15) is 0 Å². The first-order chi connectivity index (χ1) is 6.10. The minimum Gasteiger partial charge on any atom is -0.305 e. The lowest BCUT2D eigenvalue weighted by molar-refractivity contribution is 0.580. The maximum atomic E-state index is 11.3. The van der Waals surface area contributed by atoms with Crippen molar-refractivity contribution in [3.05, 3.63) is 43.3 Å². The normalized spacial score (nSPS) is 12.3. The van der Waals surface area contributed by atoms with Crippen LogP contribution in [0.1, 0.15) is 0 Å². The summed E-state index contributed by atoms with van der Waals surface area (Å²) >= 11 is 0. The molecule has 0 unspecified atom stereocenters. The maximum absolute atomic E-state index is 11.3. The quantitative estimate of drug-likeness (QED) is 0.287. The van der Waals surface area contributed by atoms with Gasteiger partial charge in [-0.25, -0.2) is 0 Å². The van der Waals surface area contributed by atoms with Crippen LogP contribution in [0.15, 0.2) is 26.9 Å². The van der Waals surface area contributed by atoms with E-state index in [1.54, 1.807) is 0 Å². The van der Waals surface area contributed by atoms with Crippen LogP contribution in [0, 0.1) is 0 Å². The summed E-state index contributed by atoms with van der Waals surface area (Å²) in [6.45, 7) is 3.04. The molecule has 13 heavy (non-hydrogen) atoms. The monoisotopic (exact) mass is 199 g/mol. The standard InChI is InChI=1S/C2H2N9OP/c1-2(6-7-3)13(12,10-8-4)11-9-5/h1H2. The van der Waals surface area contributed by atoms with Gasteiger partial charge in [-0.05, 0) is 26.4 Å². The summed E-state index contributed by atoms with van der Waals surface area (Å²) in [4.78, 5) is 12.0. The summed E-state index contributed by atoms with van der Waals surface area (Å²) in [5, 5.41) is 2.83. The van der Waals surface area contributed by atoms with E-state index < -0.39 is 12.9 Å². The van der Waals surface area contributed by atoms with Crippen molar-refractivity contribution in [2.45, 2.75) is 0 Å². The molecule has 0 aromatic carbocycles. The van der Waals surface area contributed by atoms with E-state index in [2.05, 4.69) is 36.2 Å². The molecule has 0 saturated heterocycles. The molecule has 0 atom stereocenters. The van der Waals surface area contributed by atoms with Gasteiger partial charge in [0.2, 0.25) is 0 Å². The lowest BCUT2D eigenvalue weighted by Gasteiger charge is -2.00. The third kappa shape index (κ3) is 2.78. The van der Waals surface area contributed by atoms with Gasteiger partial charge in [0.15, 0.2) is 0 Å². The second kappa shape index (κ2) is 4.71. The topological polar surface area (TPSA) is 163 Å². The van der Waals surface area contributed by atoms with Gasteiger partial charge < -0.3 is 4.57 Å². The molecule has 0 heterocycles. The minimum absolute atomic E-state index is 0.606. The maximum Gasteiger partial charge on any atom is 0.287 e. The second-order valence-corrected chi connectivity index (χ2v) is 3.47. The van der Waals surface area contributed by atoms with Gasteiger partial charge in [0.05, 0.1) is 5.44 Å². The van der Waals surface area contributed by atoms with Gasteiger partial charge in [-0.15, -0.1) is 0 Å². The van der Waals surface area contributed by atoms with Crippen molar-refractivity contribution in [1.82, 2.24) is 0 Å². The van der Waals surface area contributed by atoms with Crippen molar-refractivity contribution < 1.29 is 4.57 Å². The highest BCUT2D eigenvalue weighted by Crippen LogP contribution is 2.57. The average Bonchev–Trinajstić information content (AvgIpc) is 2.05. The van der Waals surface area contributed by atoms with Gasteiger partial charge in [-0.3, -0.25) is 0 Å². The zero-order valence-corrected chi connectivity index (χ0v) is 6.98. The van der Waals surface area contributed by atoms with E-state index >= 15 is 0 Å². The van der Waals surface area contributed by atoms with Gasteiger partial charge in [0.25, 0.3) is 7.44 Å². The Morgan fingerprint density at radius 3 is 1.92 bits per heavy atom. The zero-order valence-electron chi connectivity index (χ0n) is 6.09. The van der Waals surface area contributed by atoms with Crippen molar-refractivity contribution >= 4 is 7.44 Å². The van der Waals surface area contributed by atoms with E-state index in [1.807, 2.05) is 0 Å². The number of hydrogen-bond acceptors (Lipinski definition) is 2. The minimum atomic E-state index is -4.03. The van der Waals surface area contributed by atoms with E-state index in [1.165, 1.54) is 0 Å². The predicted octanol–water partition coefficient (Wildman–Crippen LogP) is 3.58. The van der Waals surface area contributed by atoms with Crippen molar-refractivity contribution in [2.75, 3.05) is 0 Å². The summed E-state index contributed by atoms with van der Waals surface area (Å²) < 4.78 is 11.3. The molecule has 0 radical (unpaired) electrons. The summed E-state index contributed by atoms with van der Waals surface area (Å²) in [6, 6.07) is 0. The molecule has 0 aliphatic carbocycles. The van der Waals surface area contributed by atoms with Crippen molar-refractivity contribution in [2.24, 2.45) is 14.9 Å². The Kier molecular flexibility index (Phi) is 3.95. The van der Waals surface area contributed by atoms with Crippen molar-refractivity contribution in [3.8, 4) is 0 Å². The van der Waals surface area contributed by atoms with E-state index in [9.17, 15) is 4.57 Å². The van der Waals surface area contributed by atoms with Crippen LogP contribution in [0.25, 0.3) is 31.3 Å². The Morgan fingerprint density at radius 1 is 1.15 bits per heavy atom. The Labute approximate surface area is 71.2 Å². The van der Waals surface area contributed by atoms with Crippen LogP contribution in [0.4, 0.5) is 0 Å². The average molecular weight is 199 g/mol. The molecule has 0 fully saturated rings. The van der Waals surface area contributed by atoms with E-state index in [4.69, 9.17) is 16.6 Å². The van der Waals surface area contributed by atoms with Gasteiger partial charge in [-0.2, -0.15) is 0 Å². The molecule has 0 aliphatic rings. The summed E-state index contributed by atoms with van der Waals surface area (Å²) in [7, 11) is -4.03. The number of azide groups is 2. The van der Waals surface area contributed by atoms with Gasteiger partial charge in [-0.1, -0.05) is 11.7 Å². The van der Waals surface area contributed by atoms with Crippen LogP contribution in [0.3, 0.4) is 0 Å². The third-order valence-corrected chi connectivity index (χ3v) is 2.23. The summed E-state index contributed by atoms with van der Waals surface area (Å²) in [6.07, 6.45) is 0. The molecule has 0 saturated carbocycles. The summed E-state index contributed by atoms with van der Waals surface area (Å²) in [5.41, 5.74) is 23.3. The molecule has 0 N–H and O–H groups in total. The summed E-state index contributed by atoms with van der Waals surface area (Å²) in [5.74, 6) is 0. The Bertz CT molecular complexity index is 381. The molecule has 0 rings (SSSR count). The highest BCUT2D eigenvalue weighted by Gasteiger charge is 2.21. The van der Waals surface area contributed by atoms with Crippen LogP contribution in [0.2, 0.25) is 0 Å². The number of hydrogen-bond donors (Lipinski definition) is 0. The zero-order chi connectivity index (χ0) is 10.3. The number of rotatable bonds is 4. The molecule has 11 heteroatoms. The van der Waals surface area contributed by atoms with Crippen LogP contribution in [-0.2, 0) is 4.57 Å². The molecule has 0 aromatic rings. The molecule has 0 bridgehead atoms. The molecule has 10 nitrogen and oxygen atoms in total. The highest BCUT2D eigenvalue weighted by molar-refractivity contribution is 7.65. The lowest BCUT2D eigenvalue weighted by atomic mass is 11.1. The first-order valence-corrected chi connectivity index (χ1v) is 4.20. The first kappa shape index (κ1) is 10.9. The molecule has 66 valence electrons. The van der Waals surface area contributed by atoms with Gasteiger partial charge in [0, 0.05) is 14.7 Å². The smallest absolute Gasteiger partial charge is 0.287 e. The SMILES string of the molecule is C=C(N=[N+]=[N-])P(=O)(N=[N+]=[N-])N=[N+]=[N-]. The molecule has 0 aromatic heterocycles. The highest BCUT2D eigenvalue weighted by atomic mass is 31.2. The Balaban J connectivity index is 5.37. The molecule has 0 amide bonds. The van der Waals surface area contributed by atoms with Crippen LogP contribution >= 0.6 is 7.44 Å². The van der Waals surface area contributed by atoms with Crippen LogP contribution in [-0.4, -0.2) is 0 Å².